The van der Waals surface area contributed by atoms with Gasteiger partial charge in [-0.1, -0.05) is 6.92 Å². The Morgan fingerprint density at radius 1 is 1.17 bits per heavy atom. The monoisotopic (exact) mass is 348 g/mol. The Kier molecular flexibility index (Phi) is 6.49. The van der Waals surface area contributed by atoms with Crippen LogP contribution in [-0.4, -0.2) is 32.2 Å². The lowest BCUT2D eigenvalue weighted by Gasteiger charge is -2.19. The molecule has 1 aromatic carbocycles. The van der Waals surface area contributed by atoms with Gasteiger partial charge in [-0.15, -0.1) is 11.3 Å². The largest absolute Gasteiger partial charge is 0.497 e. The lowest BCUT2D eigenvalue weighted by molar-refractivity contribution is 0.206. The number of methoxy groups -OCH3 is 2. The normalized spacial score (nSPS) is 10.3. The Bertz CT molecular complexity index is 685. The number of hydrogen-bond donors (Lipinski definition) is 1. The van der Waals surface area contributed by atoms with Crippen LogP contribution in [0, 0.1) is 0 Å². The molecule has 0 spiro atoms. The van der Waals surface area contributed by atoms with Crippen LogP contribution in [0.15, 0.2) is 30.3 Å². The molecule has 5 nitrogen and oxygen atoms in total. The number of rotatable bonds is 7. The van der Waals surface area contributed by atoms with E-state index in [9.17, 15) is 4.79 Å². The molecule has 1 N–H and O–H groups in total. The first kappa shape index (κ1) is 18.1. The van der Waals surface area contributed by atoms with Gasteiger partial charge in [-0.25, -0.2) is 4.79 Å². The number of hydrogen-bond acceptors (Lipinski definition) is 4. The van der Waals surface area contributed by atoms with Gasteiger partial charge in [-0.2, -0.15) is 0 Å². The Hall–Kier alpha value is -2.21. The topological polar surface area (TPSA) is 50.8 Å². The molecule has 1 aromatic heterocycles. The number of carbonyl (C=O) groups is 1. The SMILES string of the molecule is CCc1ccc(CNC(=O)N(C)Cc2cc(OC)ccc2OC)s1. The van der Waals surface area contributed by atoms with Crippen molar-refractivity contribution in [3.05, 3.63) is 45.6 Å². The van der Waals surface area contributed by atoms with Crippen molar-refractivity contribution in [3.63, 3.8) is 0 Å². The van der Waals surface area contributed by atoms with E-state index in [-0.39, 0.29) is 6.03 Å². The quantitative estimate of drug-likeness (QED) is 0.830. The van der Waals surface area contributed by atoms with Gasteiger partial charge in [0, 0.05) is 22.4 Å². The van der Waals surface area contributed by atoms with Gasteiger partial charge in [0.25, 0.3) is 0 Å². The number of benzene rings is 1. The van der Waals surface area contributed by atoms with E-state index in [0.29, 0.717) is 13.1 Å². The van der Waals surface area contributed by atoms with Crippen LogP contribution in [0.5, 0.6) is 11.5 Å². The molecule has 0 aliphatic rings. The van der Waals surface area contributed by atoms with Gasteiger partial charge in [0.15, 0.2) is 0 Å². The van der Waals surface area contributed by atoms with Crippen LogP contribution in [0.3, 0.4) is 0 Å². The highest BCUT2D eigenvalue weighted by Crippen LogP contribution is 2.25. The van der Waals surface area contributed by atoms with Crippen LogP contribution < -0.4 is 14.8 Å². The summed E-state index contributed by atoms with van der Waals surface area (Å²) in [6.07, 6.45) is 1.02. The summed E-state index contributed by atoms with van der Waals surface area (Å²) in [5, 5.41) is 2.95. The number of thiophene rings is 1. The predicted molar refractivity (Wildman–Crippen MR) is 96.9 cm³/mol. The Labute approximate surface area is 147 Å². The number of amides is 2. The fraction of sp³-hybridized carbons (Fsp3) is 0.389. The van der Waals surface area contributed by atoms with Crippen molar-refractivity contribution in [1.82, 2.24) is 10.2 Å². The van der Waals surface area contributed by atoms with E-state index < -0.39 is 0 Å². The van der Waals surface area contributed by atoms with E-state index >= 15 is 0 Å². The highest BCUT2D eigenvalue weighted by Gasteiger charge is 2.13. The van der Waals surface area contributed by atoms with Gasteiger partial charge >= 0.3 is 6.03 Å². The highest BCUT2D eigenvalue weighted by atomic mass is 32.1. The maximum Gasteiger partial charge on any atom is 0.317 e. The maximum absolute atomic E-state index is 12.3. The van der Waals surface area contributed by atoms with Crippen molar-refractivity contribution in [1.29, 1.82) is 0 Å². The first-order valence-electron chi connectivity index (χ1n) is 7.84. The molecule has 130 valence electrons. The fourth-order valence-electron chi connectivity index (χ4n) is 2.34. The third kappa shape index (κ3) is 4.64. The number of carbonyl (C=O) groups excluding carboxylic acids is 1. The number of nitrogens with zero attached hydrogens (tertiary/aromatic N) is 1. The standard InChI is InChI=1S/C18H24N2O3S/c1-5-15-7-8-16(24-15)11-19-18(21)20(2)12-13-10-14(22-3)6-9-17(13)23-4/h6-10H,5,11-12H2,1-4H3,(H,19,21). The zero-order valence-electron chi connectivity index (χ0n) is 14.6. The predicted octanol–water partition coefficient (Wildman–Crippen LogP) is 3.67. The fourth-order valence-corrected chi connectivity index (χ4v) is 3.24. The van der Waals surface area contributed by atoms with Gasteiger partial charge in [0.2, 0.25) is 0 Å². The molecule has 1 heterocycles. The third-order valence-corrected chi connectivity index (χ3v) is 4.95. The zero-order valence-corrected chi connectivity index (χ0v) is 15.4. The summed E-state index contributed by atoms with van der Waals surface area (Å²) in [7, 11) is 5.00. The van der Waals surface area contributed by atoms with Gasteiger partial charge in [-0.3, -0.25) is 0 Å². The second kappa shape index (κ2) is 8.59. The number of nitrogens with one attached hydrogen (secondary N) is 1. The van der Waals surface area contributed by atoms with Crippen molar-refractivity contribution in [2.75, 3.05) is 21.3 Å². The first-order valence-corrected chi connectivity index (χ1v) is 8.66. The van der Waals surface area contributed by atoms with Crippen LogP contribution in [0.4, 0.5) is 4.79 Å². The molecule has 0 saturated carbocycles. The van der Waals surface area contributed by atoms with Crippen LogP contribution in [0.1, 0.15) is 22.2 Å². The second-order valence-electron chi connectivity index (χ2n) is 5.41. The van der Waals surface area contributed by atoms with Gasteiger partial charge < -0.3 is 19.7 Å². The third-order valence-electron chi connectivity index (χ3n) is 3.72. The molecule has 2 amide bonds. The molecule has 0 unspecified atom stereocenters. The van der Waals surface area contributed by atoms with E-state index in [1.54, 1.807) is 37.5 Å². The molecule has 2 rings (SSSR count). The second-order valence-corrected chi connectivity index (χ2v) is 6.67. The van der Waals surface area contributed by atoms with E-state index in [0.717, 1.165) is 28.4 Å². The number of ether oxygens (including phenoxy) is 2. The number of aryl methyl sites for hydroxylation is 1. The minimum Gasteiger partial charge on any atom is -0.497 e. The molecular weight excluding hydrogens is 324 g/mol. The van der Waals surface area contributed by atoms with E-state index in [1.807, 2.05) is 18.2 Å². The van der Waals surface area contributed by atoms with Crippen molar-refractivity contribution in [2.45, 2.75) is 26.4 Å². The lowest BCUT2D eigenvalue weighted by atomic mass is 10.2. The minimum absolute atomic E-state index is 0.119. The summed E-state index contributed by atoms with van der Waals surface area (Å²) in [6, 6.07) is 9.62. The molecule has 0 aliphatic carbocycles. The van der Waals surface area contributed by atoms with Crippen LogP contribution >= 0.6 is 11.3 Å². The van der Waals surface area contributed by atoms with Gasteiger partial charge in [0.05, 0.1) is 27.3 Å². The summed E-state index contributed by atoms with van der Waals surface area (Å²) >= 11 is 1.73. The Morgan fingerprint density at radius 2 is 1.92 bits per heavy atom. The van der Waals surface area contributed by atoms with Crippen molar-refractivity contribution in [3.8, 4) is 11.5 Å². The molecular formula is C18H24N2O3S. The summed E-state index contributed by atoms with van der Waals surface area (Å²) in [4.78, 5) is 16.4. The Morgan fingerprint density at radius 3 is 2.54 bits per heavy atom. The molecule has 0 atom stereocenters. The zero-order chi connectivity index (χ0) is 17.5. The smallest absolute Gasteiger partial charge is 0.317 e. The van der Waals surface area contributed by atoms with E-state index in [2.05, 4.69) is 24.4 Å². The number of urea groups is 1. The van der Waals surface area contributed by atoms with Crippen LogP contribution in [0.2, 0.25) is 0 Å². The molecule has 6 heteroatoms. The molecule has 0 radical (unpaired) electrons. The van der Waals surface area contributed by atoms with Crippen molar-refractivity contribution >= 4 is 17.4 Å². The molecule has 0 saturated heterocycles. The highest BCUT2D eigenvalue weighted by molar-refractivity contribution is 7.11. The van der Waals surface area contributed by atoms with Gasteiger partial charge in [0.1, 0.15) is 11.5 Å². The van der Waals surface area contributed by atoms with E-state index in [4.69, 9.17) is 9.47 Å². The summed E-state index contributed by atoms with van der Waals surface area (Å²) < 4.78 is 10.6. The Balaban J connectivity index is 1.95. The average molecular weight is 348 g/mol. The van der Waals surface area contributed by atoms with Crippen molar-refractivity contribution < 1.29 is 14.3 Å². The van der Waals surface area contributed by atoms with Crippen molar-refractivity contribution in [2.24, 2.45) is 0 Å². The summed E-state index contributed by atoms with van der Waals surface area (Å²) in [6.45, 7) is 3.11. The van der Waals surface area contributed by atoms with E-state index in [1.165, 1.54) is 4.88 Å². The first-order chi connectivity index (χ1) is 11.6. The van der Waals surface area contributed by atoms with Gasteiger partial charge in [-0.05, 0) is 36.8 Å². The molecule has 0 aliphatic heterocycles. The minimum atomic E-state index is -0.119. The molecule has 24 heavy (non-hydrogen) atoms. The van der Waals surface area contributed by atoms with Crippen LogP contribution in [-0.2, 0) is 19.5 Å². The summed E-state index contributed by atoms with van der Waals surface area (Å²) in [5.74, 6) is 1.48. The average Bonchev–Trinajstić information content (AvgIpc) is 3.07. The lowest BCUT2D eigenvalue weighted by Crippen LogP contribution is -2.36. The van der Waals surface area contributed by atoms with Crippen LogP contribution in [0.25, 0.3) is 0 Å². The molecule has 0 bridgehead atoms. The maximum atomic E-state index is 12.3. The summed E-state index contributed by atoms with van der Waals surface area (Å²) in [5.41, 5.74) is 0.902. The molecule has 0 fully saturated rings. The molecule has 2 aromatic rings.